The number of allylic oxidation sites excluding steroid dienone is 7. The van der Waals surface area contributed by atoms with Gasteiger partial charge in [-0.3, -0.25) is 10.4 Å². The Labute approximate surface area is 158 Å². The van der Waals surface area contributed by atoms with Crippen molar-refractivity contribution in [2.75, 3.05) is 6.54 Å². The number of benzene rings is 1. The smallest absolute Gasteiger partial charge is 0.257 e. The monoisotopic (exact) mass is 402 g/mol. The average molecular weight is 403 g/mol. The summed E-state index contributed by atoms with van der Waals surface area (Å²) in [5, 5.41) is 0.805. The van der Waals surface area contributed by atoms with E-state index in [0.29, 0.717) is 17.7 Å². The summed E-state index contributed by atoms with van der Waals surface area (Å²) in [6.07, 6.45) is 4.72. The first-order valence-electron chi connectivity index (χ1n) is 7.83. The van der Waals surface area contributed by atoms with E-state index in [0.717, 1.165) is 5.01 Å². The molecule has 0 fully saturated rings. The highest BCUT2D eigenvalue weighted by Gasteiger charge is 2.29. The Hall–Kier alpha value is -2.54. The molecular weight excluding hydrogens is 387 g/mol. The van der Waals surface area contributed by atoms with Crippen LogP contribution in [0.5, 0.6) is 0 Å². The predicted molar refractivity (Wildman–Crippen MR) is 96.1 cm³/mol. The molecule has 0 spiro atoms. The topological polar surface area (TPSA) is 15.3 Å². The molecule has 1 aliphatic rings. The minimum atomic E-state index is -2.84. The molecule has 0 unspecified atom stereocenters. The van der Waals surface area contributed by atoms with Gasteiger partial charge < -0.3 is 0 Å². The van der Waals surface area contributed by atoms with Crippen LogP contribution >= 0.6 is 11.6 Å². The van der Waals surface area contributed by atoms with Crippen molar-refractivity contribution in [3.05, 3.63) is 88.4 Å². The van der Waals surface area contributed by atoms with E-state index in [-0.39, 0.29) is 16.4 Å². The van der Waals surface area contributed by atoms with Crippen LogP contribution in [0.3, 0.4) is 0 Å². The van der Waals surface area contributed by atoms with Gasteiger partial charge in [-0.15, -0.1) is 0 Å². The summed E-state index contributed by atoms with van der Waals surface area (Å²) < 4.78 is 68.3. The van der Waals surface area contributed by atoms with Crippen LogP contribution in [0.15, 0.2) is 65.4 Å². The molecule has 0 aliphatic carbocycles. The SMILES string of the molecule is C=C/C=C(\C=C/C)C1=C(c2c(F)cc(F)cc2F)N(CC(F)F)NC(Cl)=C1. The van der Waals surface area contributed by atoms with Crippen LogP contribution in [-0.2, 0) is 0 Å². The lowest BCUT2D eigenvalue weighted by molar-refractivity contribution is 0.0992. The van der Waals surface area contributed by atoms with Crippen LogP contribution in [0.25, 0.3) is 5.70 Å². The molecule has 8 heteroatoms. The maximum absolute atomic E-state index is 14.4. The van der Waals surface area contributed by atoms with Gasteiger partial charge in [0.2, 0.25) is 0 Å². The van der Waals surface area contributed by atoms with Crippen LogP contribution in [0, 0.1) is 17.5 Å². The van der Waals surface area contributed by atoms with Crippen molar-refractivity contribution in [3.8, 4) is 0 Å². The van der Waals surface area contributed by atoms with Crippen molar-refractivity contribution in [1.29, 1.82) is 0 Å². The van der Waals surface area contributed by atoms with Gasteiger partial charge in [0.15, 0.2) is 0 Å². The molecule has 27 heavy (non-hydrogen) atoms. The third-order valence-corrected chi connectivity index (χ3v) is 3.75. The van der Waals surface area contributed by atoms with Gasteiger partial charge in [0, 0.05) is 17.7 Å². The van der Waals surface area contributed by atoms with Gasteiger partial charge in [-0.2, -0.15) is 0 Å². The molecular formula is C19H16ClF5N2. The summed E-state index contributed by atoms with van der Waals surface area (Å²) in [4.78, 5) is 0. The summed E-state index contributed by atoms with van der Waals surface area (Å²) in [5.41, 5.74) is 2.15. The zero-order chi connectivity index (χ0) is 20.1. The van der Waals surface area contributed by atoms with Crippen molar-refractivity contribution in [2.45, 2.75) is 13.3 Å². The Morgan fingerprint density at radius 3 is 2.41 bits per heavy atom. The van der Waals surface area contributed by atoms with E-state index in [9.17, 15) is 22.0 Å². The molecule has 0 radical (unpaired) electrons. The van der Waals surface area contributed by atoms with Crippen molar-refractivity contribution < 1.29 is 22.0 Å². The molecule has 0 bridgehead atoms. The fraction of sp³-hybridized carbons (Fsp3) is 0.158. The van der Waals surface area contributed by atoms with E-state index < -0.39 is 36.0 Å². The molecule has 2 rings (SSSR count). The number of hydrogen-bond donors (Lipinski definition) is 1. The third kappa shape index (κ3) is 4.80. The second kappa shape index (κ2) is 8.90. The van der Waals surface area contributed by atoms with E-state index >= 15 is 0 Å². The third-order valence-electron chi connectivity index (χ3n) is 3.56. The molecule has 144 valence electrons. The summed E-state index contributed by atoms with van der Waals surface area (Å²) in [6, 6.07) is 0.964. The second-order valence-corrected chi connectivity index (χ2v) is 5.88. The molecule has 0 aromatic heterocycles. The predicted octanol–water partition coefficient (Wildman–Crippen LogP) is 5.67. The Balaban J connectivity index is 2.86. The maximum atomic E-state index is 14.4. The molecule has 0 saturated heterocycles. The van der Waals surface area contributed by atoms with Gasteiger partial charge in [-0.1, -0.05) is 42.5 Å². The van der Waals surface area contributed by atoms with E-state index in [1.807, 2.05) is 0 Å². The highest BCUT2D eigenvalue weighted by molar-refractivity contribution is 6.29. The Bertz CT molecular complexity index is 833. The average Bonchev–Trinajstić information content (AvgIpc) is 2.54. The number of nitrogens with zero attached hydrogens (tertiary/aromatic N) is 1. The minimum absolute atomic E-state index is 0.0307. The zero-order valence-corrected chi connectivity index (χ0v) is 15.0. The van der Waals surface area contributed by atoms with E-state index in [4.69, 9.17) is 11.6 Å². The number of hydrazine groups is 1. The molecule has 0 amide bonds. The lowest BCUT2D eigenvalue weighted by atomic mass is 9.96. The van der Waals surface area contributed by atoms with Crippen LogP contribution in [-0.4, -0.2) is 18.0 Å². The normalized spacial score (nSPS) is 15.5. The summed E-state index contributed by atoms with van der Waals surface area (Å²) >= 11 is 6.00. The molecule has 1 heterocycles. The first-order valence-corrected chi connectivity index (χ1v) is 8.20. The fourth-order valence-electron chi connectivity index (χ4n) is 2.63. The van der Waals surface area contributed by atoms with Crippen LogP contribution < -0.4 is 5.43 Å². The van der Waals surface area contributed by atoms with Gasteiger partial charge in [0.1, 0.15) is 29.2 Å². The van der Waals surface area contributed by atoms with Crippen molar-refractivity contribution in [3.63, 3.8) is 0 Å². The van der Waals surface area contributed by atoms with Crippen molar-refractivity contribution in [1.82, 2.24) is 10.4 Å². The largest absolute Gasteiger partial charge is 0.287 e. The lowest BCUT2D eigenvalue weighted by Crippen LogP contribution is -2.41. The van der Waals surface area contributed by atoms with Crippen molar-refractivity contribution in [2.24, 2.45) is 0 Å². The molecule has 1 aromatic carbocycles. The first kappa shape index (κ1) is 20.8. The number of rotatable bonds is 6. The van der Waals surface area contributed by atoms with Gasteiger partial charge in [0.05, 0.1) is 11.3 Å². The zero-order valence-electron chi connectivity index (χ0n) is 14.2. The van der Waals surface area contributed by atoms with Gasteiger partial charge in [-0.05, 0) is 18.6 Å². The molecule has 0 atom stereocenters. The number of alkyl halides is 2. The first-order chi connectivity index (χ1) is 12.8. The van der Waals surface area contributed by atoms with E-state index in [1.165, 1.54) is 18.2 Å². The van der Waals surface area contributed by atoms with E-state index in [1.54, 1.807) is 19.1 Å². The lowest BCUT2D eigenvalue weighted by Gasteiger charge is -2.34. The maximum Gasteiger partial charge on any atom is 0.257 e. The highest BCUT2D eigenvalue weighted by atomic mass is 35.5. The van der Waals surface area contributed by atoms with Crippen molar-refractivity contribution >= 4 is 17.3 Å². The number of hydrogen-bond acceptors (Lipinski definition) is 2. The van der Waals surface area contributed by atoms with Gasteiger partial charge >= 0.3 is 0 Å². The molecule has 1 aliphatic heterocycles. The standard InChI is InChI=1S/C19H16ClF5N2/c1-3-5-11(6-4-2)13-9-16(20)26-27(10-17(24)25)19(13)18-14(22)7-12(21)8-15(18)23/h3-9,17,26H,1,10H2,2H3/b6-4-,11-5+. The Morgan fingerprint density at radius 2 is 1.89 bits per heavy atom. The summed E-state index contributed by atoms with van der Waals surface area (Å²) in [7, 11) is 0. The summed E-state index contributed by atoms with van der Waals surface area (Å²) in [6.45, 7) is 4.38. The Kier molecular flexibility index (Phi) is 6.85. The van der Waals surface area contributed by atoms with Crippen LogP contribution in [0.2, 0.25) is 0 Å². The van der Waals surface area contributed by atoms with E-state index in [2.05, 4.69) is 12.0 Å². The number of halogens is 6. The molecule has 0 saturated carbocycles. The van der Waals surface area contributed by atoms with Crippen LogP contribution in [0.1, 0.15) is 12.5 Å². The van der Waals surface area contributed by atoms with Gasteiger partial charge in [-0.25, -0.2) is 22.0 Å². The molecule has 2 nitrogen and oxygen atoms in total. The minimum Gasteiger partial charge on any atom is -0.287 e. The number of nitrogens with one attached hydrogen (secondary N) is 1. The van der Waals surface area contributed by atoms with Gasteiger partial charge in [0.25, 0.3) is 6.43 Å². The highest BCUT2D eigenvalue weighted by Crippen LogP contribution is 2.36. The fourth-order valence-corrected chi connectivity index (χ4v) is 2.84. The Morgan fingerprint density at radius 1 is 1.26 bits per heavy atom. The quantitative estimate of drug-likeness (QED) is 0.375. The molecule has 1 N–H and O–H groups in total. The summed E-state index contributed by atoms with van der Waals surface area (Å²) in [5.74, 6) is -3.58. The second-order valence-electron chi connectivity index (χ2n) is 5.47. The molecule has 1 aromatic rings. The van der Waals surface area contributed by atoms with Crippen LogP contribution in [0.4, 0.5) is 22.0 Å².